The Morgan fingerprint density at radius 2 is 1.91 bits per heavy atom. The monoisotopic (exact) mass is 298 g/mol. The second-order valence-corrected chi connectivity index (χ2v) is 4.70. The number of ether oxygens (including phenoxy) is 2. The number of benzene rings is 2. The van der Waals surface area contributed by atoms with Crippen molar-refractivity contribution < 1.29 is 19.1 Å². The number of hydrogen-bond acceptors (Lipinski definition) is 4. The van der Waals surface area contributed by atoms with Crippen LogP contribution in [0.1, 0.15) is 0 Å². The number of fused-ring (bicyclic) bond motifs is 1. The highest BCUT2D eigenvalue weighted by atomic mass is 16.5. The number of rotatable bonds is 3. The normalized spacial score (nSPS) is 16.0. The van der Waals surface area contributed by atoms with Crippen molar-refractivity contribution in [2.45, 2.75) is 6.10 Å². The highest BCUT2D eigenvalue weighted by Crippen LogP contribution is 2.29. The lowest BCUT2D eigenvalue weighted by molar-refractivity contribution is -0.133. The maximum atomic E-state index is 12.2. The molecule has 2 N–H and O–H groups in total. The van der Waals surface area contributed by atoms with Gasteiger partial charge in [-0.15, -0.1) is 0 Å². The van der Waals surface area contributed by atoms with Crippen molar-refractivity contribution in [3.63, 3.8) is 0 Å². The summed E-state index contributed by atoms with van der Waals surface area (Å²) in [5.74, 6) is 0.123. The summed E-state index contributed by atoms with van der Waals surface area (Å²) in [6.07, 6.45) is -1.22. The number of nitrogens with one attached hydrogen (secondary N) is 2. The predicted molar refractivity (Wildman–Crippen MR) is 81.1 cm³/mol. The van der Waals surface area contributed by atoms with Crippen LogP contribution in [0, 0.1) is 0 Å². The van der Waals surface area contributed by atoms with Crippen molar-refractivity contribution in [1.82, 2.24) is 0 Å². The molecule has 1 atom stereocenters. The Morgan fingerprint density at radius 1 is 1.18 bits per heavy atom. The first kappa shape index (κ1) is 13.9. The molecule has 1 heterocycles. The molecule has 0 saturated heterocycles. The first-order valence-corrected chi connectivity index (χ1v) is 6.69. The quantitative estimate of drug-likeness (QED) is 0.850. The average molecular weight is 298 g/mol. The van der Waals surface area contributed by atoms with Gasteiger partial charge in [-0.1, -0.05) is 12.1 Å². The SMILES string of the molecule is COc1ccc(NC(=O)C2Oc3ccccc3NC2=O)cc1. The van der Waals surface area contributed by atoms with Gasteiger partial charge in [0.2, 0.25) is 0 Å². The summed E-state index contributed by atoms with van der Waals surface area (Å²) >= 11 is 0. The number of hydrogen-bond donors (Lipinski definition) is 2. The minimum absolute atomic E-state index is 0.469. The van der Waals surface area contributed by atoms with E-state index in [0.717, 1.165) is 0 Å². The lowest BCUT2D eigenvalue weighted by Gasteiger charge is -2.24. The van der Waals surface area contributed by atoms with Gasteiger partial charge in [-0.05, 0) is 36.4 Å². The molecule has 3 rings (SSSR count). The first-order chi connectivity index (χ1) is 10.7. The molecule has 0 bridgehead atoms. The van der Waals surface area contributed by atoms with E-state index in [9.17, 15) is 9.59 Å². The first-order valence-electron chi connectivity index (χ1n) is 6.69. The molecule has 2 aromatic rings. The van der Waals surface area contributed by atoms with E-state index in [1.54, 1.807) is 55.6 Å². The number of anilines is 2. The summed E-state index contributed by atoms with van der Waals surface area (Å²) in [4.78, 5) is 24.2. The standard InChI is InChI=1S/C16H14N2O4/c1-21-11-8-6-10(7-9-11)17-15(19)14-16(20)18-12-4-2-3-5-13(12)22-14/h2-9,14H,1H3,(H,17,19)(H,18,20). The summed E-state index contributed by atoms with van der Waals surface area (Å²) in [5, 5.41) is 5.29. The minimum atomic E-state index is -1.22. The third-order valence-corrected chi connectivity index (χ3v) is 3.22. The highest BCUT2D eigenvalue weighted by molar-refractivity contribution is 6.15. The third-order valence-electron chi connectivity index (χ3n) is 3.22. The van der Waals surface area contributed by atoms with Crippen molar-refractivity contribution in [2.75, 3.05) is 17.7 Å². The van der Waals surface area contributed by atoms with Crippen LogP contribution in [-0.2, 0) is 9.59 Å². The lowest BCUT2D eigenvalue weighted by Crippen LogP contribution is -2.45. The van der Waals surface area contributed by atoms with Crippen LogP contribution in [0.4, 0.5) is 11.4 Å². The van der Waals surface area contributed by atoms with E-state index >= 15 is 0 Å². The summed E-state index contributed by atoms with van der Waals surface area (Å²) in [7, 11) is 1.56. The van der Waals surface area contributed by atoms with Gasteiger partial charge in [0.1, 0.15) is 11.5 Å². The fourth-order valence-electron chi connectivity index (χ4n) is 2.11. The highest BCUT2D eigenvalue weighted by Gasteiger charge is 2.33. The molecule has 2 amide bonds. The second-order valence-electron chi connectivity index (χ2n) is 4.70. The van der Waals surface area contributed by atoms with Crippen molar-refractivity contribution in [3.8, 4) is 11.5 Å². The van der Waals surface area contributed by atoms with Crippen LogP contribution in [0.2, 0.25) is 0 Å². The van der Waals surface area contributed by atoms with Gasteiger partial charge >= 0.3 is 0 Å². The molecule has 1 aliphatic rings. The molecule has 0 saturated carbocycles. The largest absolute Gasteiger partial charge is 0.497 e. The van der Waals surface area contributed by atoms with E-state index in [0.29, 0.717) is 22.9 Å². The maximum Gasteiger partial charge on any atom is 0.275 e. The zero-order chi connectivity index (χ0) is 15.5. The zero-order valence-electron chi connectivity index (χ0n) is 11.8. The molecule has 0 fully saturated rings. The van der Waals surface area contributed by atoms with Crippen molar-refractivity contribution >= 4 is 23.2 Å². The van der Waals surface area contributed by atoms with Gasteiger partial charge in [-0.2, -0.15) is 0 Å². The van der Waals surface area contributed by atoms with Crippen LogP contribution < -0.4 is 20.1 Å². The van der Waals surface area contributed by atoms with Crippen LogP contribution in [0.25, 0.3) is 0 Å². The molecule has 6 heteroatoms. The summed E-state index contributed by atoms with van der Waals surface area (Å²) in [6, 6.07) is 13.8. The fraction of sp³-hybridized carbons (Fsp3) is 0.125. The molecule has 22 heavy (non-hydrogen) atoms. The molecule has 0 spiro atoms. The zero-order valence-corrected chi connectivity index (χ0v) is 11.8. The van der Waals surface area contributed by atoms with E-state index in [2.05, 4.69) is 10.6 Å². The minimum Gasteiger partial charge on any atom is -0.497 e. The summed E-state index contributed by atoms with van der Waals surface area (Å²) < 4.78 is 10.5. The van der Waals surface area contributed by atoms with Gasteiger partial charge in [-0.25, -0.2) is 0 Å². The van der Waals surface area contributed by atoms with Crippen LogP contribution in [-0.4, -0.2) is 25.0 Å². The van der Waals surface area contributed by atoms with Crippen LogP contribution >= 0.6 is 0 Å². The van der Waals surface area contributed by atoms with Crippen molar-refractivity contribution in [1.29, 1.82) is 0 Å². The average Bonchev–Trinajstić information content (AvgIpc) is 2.54. The maximum absolute atomic E-state index is 12.2. The number of carbonyl (C=O) groups excluding carboxylic acids is 2. The molecule has 1 unspecified atom stereocenters. The van der Waals surface area contributed by atoms with E-state index in [1.165, 1.54) is 0 Å². The Balaban J connectivity index is 1.73. The van der Waals surface area contributed by atoms with E-state index in [4.69, 9.17) is 9.47 Å². The molecular weight excluding hydrogens is 284 g/mol. The van der Waals surface area contributed by atoms with Gasteiger partial charge in [0.05, 0.1) is 12.8 Å². The van der Waals surface area contributed by atoms with E-state index in [-0.39, 0.29) is 0 Å². The molecule has 0 radical (unpaired) electrons. The van der Waals surface area contributed by atoms with Gasteiger partial charge in [0, 0.05) is 5.69 Å². The summed E-state index contributed by atoms with van der Waals surface area (Å²) in [6.45, 7) is 0. The molecular formula is C16H14N2O4. The molecule has 1 aliphatic heterocycles. The molecule has 112 valence electrons. The van der Waals surface area contributed by atoms with E-state index < -0.39 is 17.9 Å². The number of carbonyl (C=O) groups is 2. The number of para-hydroxylation sites is 2. The van der Waals surface area contributed by atoms with Gasteiger partial charge in [0.25, 0.3) is 17.9 Å². The molecule has 0 aliphatic carbocycles. The Kier molecular flexibility index (Phi) is 3.65. The number of methoxy groups -OCH3 is 1. The van der Waals surface area contributed by atoms with Crippen LogP contribution in [0.15, 0.2) is 48.5 Å². The topological polar surface area (TPSA) is 76.7 Å². The van der Waals surface area contributed by atoms with Crippen molar-refractivity contribution in [3.05, 3.63) is 48.5 Å². The smallest absolute Gasteiger partial charge is 0.275 e. The Hall–Kier alpha value is -3.02. The molecule has 0 aromatic heterocycles. The lowest BCUT2D eigenvalue weighted by atomic mass is 10.2. The van der Waals surface area contributed by atoms with Crippen molar-refractivity contribution in [2.24, 2.45) is 0 Å². The second kappa shape index (κ2) is 5.77. The van der Waals surface area contributed by atoms with E-state index in [1.807, 2.05) is 0 Å². The molecule has 6 nitrogen and oxygen atoms in total. The summed E-state index contributed by atoms with van der Waals surface area (Å²) in [5.41, 5.74) is 1.11. The number of amides is 2. The Morgan fingerprint density at radius 3 is 2.64 bits per heavy atom. The van der Waals surface area contributed by atoms with Gasteiger partial charge < -0.3 is 20.1 Å². The Labute approximate surface area is 127 Å². The third kappa shape index (κ3) is 2.71. The molecule has 2 aromatic carbocycles. The van der Waals surface area contributed by atoms with Gasteiger partial charge in [0.15, 0.2) is 0 Å². The fourth-order valence-corrected chi connectivity index (χ4v) is 2.11. The Bertz CT molecular complexity index is 712. The predicted octanol–water partition coefficient (Wildman–Crippen LogP) is 2.03. The van der Waals surface area contributed by atoms with Gasteiger partial charge in [-0.3, -0.25) is 9.59 Å². The van der Waals surface area contributed by atoms with Crippen LogP contribution in [0.3, 0.4) is 0 Å². The van der Waals surface area contributed by atoms with Crippen LogP contribution in [0.5, 0.6) is 11.5 Å².